The van der Waals surface area contributed by atoms with E-state index in [2.05, 4.69) is 15.5 Å². The minimum absolute atomic E-state index is 0.0425. The van der Waals surface area contributed by atoms with Gasteiger partial charge >= 0.3 is 23.9 Å². The van der Waals surface area contributed by atoms with E-state index < -0.39 is 41.5 Å². The molecule has 4 aliphatic carbocycles. The number of anilines is 1. The van der Waals surface area contributed by atoms with Crippen LogP contribution in [0.1, 0.15) is 87.2 Å². The highest BCUT2D eigenvalue weighted by Gasteiger charge is 2.62. The highest BCUT2D eigenvalue weighted by atomic mass is 16.5. The maximum absolute atomic E-state index is 14.5. The average molecular weight is 1100 g/mol. The molecule has 4 saturated carbocycles. The summed E-state index contributed by atoms with van der Waals surface area (Å²) in [6.45, 7) is 6.73. The topological polar surface area (TPSA) is 280 Å². The summed E-state index contributed by atoms with van der Waals surface area (Å²) in [7, 11) is 5.03. The quantitative estimate of drug-likeness (QED) is 0.0794. The van der Waals surface area contributed by atoms with Gasteiger partial charge in [-0.25, -0.2) is 9.48 Å². The van der Waals surface area contributed by atoms with E-state index in [-0.39, 0.29) is 87.5 Å². The van der Waals surface area contributed by atoms with E-state index in [1.54, 1.807) is 68.8 Å². The monoisotopic (exact) mass is 1100 g/mol. The molecule has 0 radical (unpaired) electrons. The van der Waals surface area contributed by atoms with Crippen LogP contribution in [0.2, 0.25) is 0 Å². The molecule has 6 bridgehead atoms. The largest absolute Gasteiger partial charge is 0.496 e. The first kappa shape index (κ1) is 58.5. The van der Waals surface area contributed by atoms with Crippen LogP contribution in [0.3, 0.4) is 0 Å². The van der Waals surface area contributed by atoms with Gasteiger partial charge in [0.2, 0.25) is 11.8 Å². The lowest BCUT2D eigenvalue weighted by Gasteiger charge is -2.59. The second-order valence-electron chi connectivity index (χ2n) is 22.5. The van der Waals surface area contributed by atoms with Crippen molar-refractivity contribution in [3.05, 3.63) is 53.7 Å². The number of carbonyl (C=O) groups excluding carboxylic acids is 3. The summed E-state index contributed by atoms with van der Waals surface area (Å²) in [5.41, 5.74) is 1.71. The normalized spacial score (nSPS) is 24.7. The Balaban J connectivity index is 0.919. The lowest BCUT2D eigenvalue weighted by molar-refractivity contribution is -0.163. The van der Waals surface area contributed by atoms with Crippen molar-refractivity contribution in [3.8, 4) is 28.4 Å². The summed E-state index contributed by atoms with van der Waals surface area (Å²) < 4.78 is 13.3. The third-order valence-electron chi connectivity index (χ3n) is 16.9. The Morgan fingerprint density at radius 2 is 1.37 bits per heavy atom. The molecule has 2 unspecified atom stereocenters. The Bertz CT molecular complexity index is 2680. The van der Waals surface area contributed by atoms with Crippen molar-refractivity contribution in [1.29, 1.82) is 0 Å². The van der Waals surface area contributed by atoms with E-state index in [1.807, 2.05) is 37.9 Å². The molecule has 2 aliphatic heterocycles. The molecule has 23 heteroatoms. The van der Waals surface area contributed by atoms with Gasteiger partial charge in [-0.15, -0.1) is 0 Å². The maximum Gasteiger partial charge on any atom is 0.330 e. The number of benzene rings is 2. The van der Waals surface area contributed by atoms with Crippen molar-refractivity contribution in [2.24, 2.45) is 23.7 Å². The van der Waals surface area contributed by atoms with Crippen LogP contribution >= 0.6 is 0 Å². The summed E-state index contributed by atoms with van der Waals surface area (Å²) >= 11 is 0. The van der Waals surface area contributed by atoms with Gasteiger partial charge in [-0.1, -0.05) is 19.9 Å². The molecule has 6 N–H and O–H groups in total. The number of piperazine rings is 1. The molecule has 6 fully saturated rings. The Morgan fingerprint density at radius 3 is 1.95 bits per heavy atom. The van der Waals surface area contributed by atoms with Gasteiger partial charge in [0.05, 0.1) is 63.5 Å². The highest BCUT2D eigenvalue weighted by molar-refractivity contribution is 5.98. The fraction of sp³-hybridized carbons (Fsp3) is 0.607. The van der Waals surface area contributed by atoms with Crippen molar-refractivity contribution in [2.45, 2.75) is 82.8 Å². The summed E-state index contributed by atoms with van der Waals surface area (Å²) in [5.74, 6) is -3.57. The molecule has 1 aromatic heterocycles. The standard InChI is InChI=1S/C56H78N10O13/c1-35(2)41-28-40(12-13-43(41)66-44(53-45(78-4)9-6-10-46(53)79-5)29-42(59-66)54(75)58-56(55(76)77)38-24-36-23-37(26-38)27-39(56)25-36)57-47(67)11-7-14-60(3)15-8-16-65-48-30-63(31-49(65)68)20-19-61(32-50(69)70)17-18-62(33-51(71)72)21-22-64(48)34-52(73)74/h6,9-10,12-13,28-29,35-39,48H,7-8,11,14-27,30-34H2,1-5H3,(H,57,67)(H,58,75)(H,69,70)(H,71,72)(H,73,74)(H,76,77). The van der Waals surface area contributed by atoms with Crippen molar-refractivity contribution >= 4 is 47.3 Å². The number of amides is 3. The zero-order valence-corrected chi connectivity index (χ0v) is 46.1. The summed E-state index contributed by atoms with van der Waals surface area (Å²) in [4.78, 5) is 102. The van der Waals surface area contributed by atoms with E-state index in [4.69, 9.17) is 14.6 Å². The van der Waals surface area contributed by atoms with E-state index in [0.717, 1.165) is 37.7 Å². The SMILES string of the molecule is COc1cccc(OC)c1-c1cc(C(=O)NC2(C(=O)O)C3CC4CC(C3)CC2C4)nn1-c1ccc(NC(=O)CCCN(C)CCCN2C(=O)CN3CCN(CC(=O)O)CCN(CC(=O)O)CCN(CC(=O)O)C2C3)cc1C(C)C. The van der Waals surface area contributed by atoms with Gasteiger partial charge in [-0.2, -0.15) is 5.10 Å². The van der Waals surface area contributed by atoms with Crippen LogP contribution in [0.25, 0.3) is 16.9 Å². The van der Waals surface area contributed by atoms with Gasteiger partial charge in [-0.3, -0.25) is 48.4 Å². The predicted octanol–water partition coefficient (Wildman–Crippen LogP) is 3.37. The van der Waals surface area contributed by atoms with Crippen molar-refractivity contribution in [3.63, 3.8) is 0 Å². The molecule has 3 heterocycles. The Hall–Kier alpha value is -6.66. The highest BCUT2D eigenvalue weighted by Crippen LogP contribution is 2.58. The molecular formula is C56H78N10O13. The third kappa shape index (κ3) is 13.7. The first-order valence-corrected chi connectivity index (χ1v) is 27.6. The Morgan fingerprint density at radius 1 is 0.772 bits per heavy atom. The zero-order valence-electron chi connectivity index (χ0n) is 46.1. The lowest BCUT2D eigenvalue weighted by Crippen LogP contribution is -2.70. The fourth-order valence-electron chi connectivity index (χ4n) is 13.3. The maximum atomic E-state index is 14.5. The molecule has 2 atom stereocenters. The van der Waals surface area contributed by atoms with Gasteiger partial charge in [0, 0.05) is 64.5 Å². The van der Waals surface area contributed by atoms with E-state index in [0.29, 0.717) is 105 Å². The van der Waals surface area contributed by atoms with Gasteiger partial charge in [0.1, 0.15) is 17.0 Å². The molecule has 0 spiro atoms. The summed E-state index contributed by atoms with van der Waals surface area (Å²) in [5, 5.41) is 51.0. The number of fused-ring (bicyclic) bond motifs is 2. The van der Waals surface area contributed by atoms with Crippen LogP contribution in [0.4, 0.5) is 5.69 Å². The molecule has 9 rings (SSSR count). The van der Waals surface area contributed by atoms with Crippen molar-refractivity contribution in [1.82, 2.24) is 44.5 Å². The van der Waals surface area contributed by atoms with Crippen molar-refractivity contribution < 1.29 is 63.5 Å². The number of ether oxygens (including phenoxy) is 2. The second-order valence-corrected chi connectivity index (χ2v) is 22.5. The van der Waals surface area contributed by atoms with Crippen molar-refractivity contribution in [2.75, 3.05) is 118 Å². The van der Waals surface area contributed by atoms with Crippen LogP contribution in [0, 0.1) is 23.7 Å². The summed E-state index contributed by atoms with van der Waals surface area (Å²) in [6, 6.07) is 12.5. The first-order valence-electron chi connectivity index (χ1n) is 27.6. The number of carboxylic acids is 4. The molecule has 2 saturated heterocycles. The summed E-state index contributed by atoms with van der Waals surface area (Å²) in [6.07, 6.45) is 4.95. The fourth-order valence-corrected chi connectivity index (χ4v) is 13.3. The molecule has 3 aromatic rings. The molecule has 430 valence electrons. The predicted molar refractivity (Wildman–Crippen MR) is 290 cm³/mol. The first-order chi connectivity index (χ1) is 37.8. The molecule has 2 aromatic carbocycles. The molecule has 23 nitrogen and oxygen atoms in total. The Labute approximate surface area is 460 Å². The van der Waals surface area contributed by atoms with Crippen LogP contribution in [0.5, 0.6) is 11.5 Å². The smallest absolute Gasteiger partial charge is 0.330 e. The minimum atomic E-state index is -1.38. The number of nitrogens with zero attached hydrogens (tertiary/aromatic N) is 8. The number of methoxy groups -OCH3 is 2. The average Bonchev–Trinajstić information content (AvgIpc) is 3.99. The van der Waals surface area contributed by atoms with E-state index >= 15 is 0 Å². The number of carboxylic acid groups (broad SMARTS) is 4. The van der Waals surface area contributed by atoms with Gasteiger partial charge in [0.15, 0.2) is 5.69 Å². The van der Waals surface area contributed by atoms with Crippen LogP contribution < -0.4 is 20.1 Å². The third-order valence-corrected chi connectivity index (χ3v) is 16.9. The zero-order chi connectivity index (χ0) is 56.7. The Kier molecular flexibility index (Phi) is 19.0. The number of hydrogen-bond donors (Lipinski definition) is 6. The minimum Gasteiger partial charge on any atom is -0.496 e. The second kappa shape index (κ2) is 25.6. The van der Waals surface area contributed by atoms with Gasteiger partial charge < -0.3 is 50.3 Å². The number of rotatable bonds is 23. The number of carbonyl (C=O) groups is 7. The van der Waals surface area contributed by atoms with Gasteiger partial charge in [-0.05, 0) is 137 Å². The molecule has 79 heavy (non-hydrogen) atoms. The lowest BCUT2D eigenvalue weighted by atomic mass is 9.48. The van der Waals surface area contributed by atoms with E-state index in [9.17, 15) is 54.0 Å². The number of aliphatic carboxylic acids is 4. The van der Waals surface area contributed by atoms with Crippen LogP contribution in [-0.2, 0) is 28.8 Å². The molecular weight excluding hydrogens is 1020 g/mol. The number of hydrogen-bond acceptors (Lipinski definition) is 15. The molecule has 6 aliphatic rings. The van der Waals surface area contributed by atoms with Crippen LogP contribution in [-0.4, -0.2) is 226 Å². The number of nitrogens with one attached hydrogen (secondary N) is 2. The number of aromatic nitrogens is 2. The van der Waals surface area contributed by atoms with Gasteiger partial charge in [0.25, 0.3) is 5.91 Å². The van der Waals surface area contributed by atoms with E-state index in [1.165, 1.54) is 0 Å². The molecule has 3 amide bonds. The van der Waals surface area contributed by atoms with Crippen LogP contribution in [0.15, 0.2) is 42.5 Å².